The molecule has 1 aliphatic rings. The van der Waals surface area contributed by atoms with Crippen LogP contribution in [0.15, 0.2) is 24.3 Å². The van der Waals surface area contributed by atoms with E-state index < -0.39 is 0 Å². The molecule has 1 amide bonds. The largest absolute Gasteiger partial charge is 0.366 e. The number of primary amides is 1. The first-order valence-corrected chi connectivity index (χ1v) is 7.79. The summed E-state index contributed by atoms with van der Waals surface area (Å²) in [4.78, 5) is 11.0. The number of hydrogen-bond donors (Lipinski definition) is 2. The van der Waals surface area contributed by atoms with Gasteiger partial charge in [-0.25, -0.2) is 0 Å². The van der Waals surface area contributed by atoms with Gasteiger partial charge in [-0.05, 0) is 43.4 Å². The highest BCUT2D eigenvalue weighted by Gasteiger charge is 2.18. The molecule has 0 saturated heterocycles. The second-order valence-corrected chi connectivity index (χ2v) is 5.98. The topological polar surface area (TPSA) is 55.1 Å². The Balaban J connectivity index is 1.82. The smallest absolute Gasteiger partial charge is 0.248 e. The van der Waals surface area contributed by atoms with Crippen LogP contribution >= 0.6 is 0 Å². The summed E-state index contributed by atoms with van der Waals surface area (Å²) in [5, 5.41) is 3.63. The molecule has 0 spiro atoms. The predicted octanol–water partition coefficient (Wildman–Crippen LogP) is 3.23. The number of rotatable bonds is 5. The van der Waals surface area contributed by atoms with Crippen molar-refractivity contribution < 1.29 is 4.79 Å². The molecule has 3 nitrogen and oxygen atoms in total. The number of carbonyl (C=O) groups is 1. The second kappa shape index (κ2) is 7.44. The molecule has 0 bridgehead atoms. The van der Waals surface area contributed by atoms with E-state index in [9.17, 15) is 4.79 Å². The summed E-state index contributed by atoms with van der Waals surface area (Å²) in [6.07, 6.45) is 8.27. The minimum absolute atomic E-state index is 0.365. The van der Waals surface area contributed by atoms with E-state index in [1.807, 2.05) is 12.1 Å². The van der Waals surface area contributed by atoms with Crippen molar-refractivity contribution in [3.63, 3.8) is 0 Å². The Morgan fingerprint density at radius 3 is 2.35 bits per heavy atom. The lowest BCUT2D eigenvalue weighted by atomic mass is 9.93. The zero-order chi connectivity index (χ0) is 14.4. The first kappa shape index (κ1) is 15.0. The van der Waals surface area contributed by atoms with Crippen LogP contribution in [0.25, 0.3) is 0 Å². The molecule has 0 aliphatic heterocycles. The maximum Gasteiger partial charge on any atom is 0.248 e. The zero-order valence-corrected chi connectivity index (χ0v) is 12.4. The fourth-order valence-corrected chi connectivity index (χ4v) is 3.04. The van der Waals surface area contributed by atoms with Crippen molar-refractivity contribution >= 4 is 5.91 Å². The highest BCUT2D eigenvalue weighted by molar-refractivity contribution is 5.92. The van der Waals surface area contributed by atoms with E-state index in [-0.39, 0.29) is 5.91 Å². The van der Waals surface area contributed by atoms with Crippen LogP contribution in [0.5, 0.6) is 0 Å². The van der Waals surface area contributed by atoms with E-state index in [0.717, 1.165) is 12.5 Å². The van der Waals surface area contributed by atoms with Gasteiger partial charge in [-0.1, -0.05) is 37.8 Å². The second-order valence-electron chi connectivity index (χ2n) is 5.98. The molecule has 2 rings (SSSR count). The van der Waals surface area contributed by atoms with Crippen molar-refractivity contribution in [2.24, 2.45) is 11.7 Å². The third kappa shape index (κ3) is 4.34. The molecule has 3 N–H and O–H groups in total. The summed E-state index contributed by atoms with van der Waals surface area (Å²) < 4.78 is 0. The number of carbonyl (C=O) groups excluding carboxylic acids is 1. The molecule has 3 heteroatoms. The fraction of sp³-hybridized carbons (Fsp3) is 0.588. The van der Waals surface area contributed by atoms with Crippen molar-refractivity contribution in [3.8, 4) is 0 Å². The van der Waals surface area contributed by atoms with Gasteiger partial charge in [0.15, 0.2) is 0 Å². The van der Waals surface area contributed by atoms with Crippen LogP contribution in [0.2, 0.25) is 0 Å². The summed E-state index contributed by atoms with van der Waals surface area (Å²) in [5.74, 6) is 0.443. The van der Waals surface area contributed by atoms with Crippen LogP contribution in [0.3, 0.4) is 0 Å². The number of amides is 1. The summed E-state index contributed by atoms with van der Waals surface area (Å²) in [6, 6.07) is 8.12. The van der Waals surface area contributed by atoms with Crippen molar-refractivity contribution in [1.82, 2.24) is 5.32 Å². The molecule has 1 saturated carbocycles. The van der Waals surface area contributed by atoms with Gasteiger partial charge in [-0.3, -0.25) is 4.79 Å². The molecule has 0 heterocycles. The van der Waals surface area contributed by atoms with Crippen molar-refractivity contribution in [3.05, 3.63) is 35.4 Å². The van der Waals surface area contributed by atoms with E-state index in [1.165, 1.54) is 44.1 Å². The van der Waals surface area contributed by atoms with E-state index in [4.69, 9.17) is 5.73 Å². The van der Waals surface area contributed by atoms with Crippen LogP contribution in [-0.4, -0.2) is 11.9 Å². The molecule has 1 aromatic carbocycles. The van der Waals surface area contributed by atoms with Gasteiger partial charge in [0, 0.05) is 18.2 Å². The Bertz CT molecular complexity index is 419. The normalized spacial score (nSPS) is 18.4. The third-order valence-corrected chi connectivity index (χ3v) is 4.47. The van der Waals surface area contributed by atoms with E-state index >= 15 is 0 Å². The highest BCUT2D eigenvalue weighted by Crippen LogP contribution is 2.25. The van der Waals surface area contributed by atoms with Crippen LogP contribution in [0.4, 0.5) is 0 Å². The minimum atomic E-state index is -0.365. The van der Waals surface area contributed by atoms with Gasteiger partial charge in [0.25, 0.3) is 0 Å². The first-order valence-electron chi connectivity index (χ1n) is 7.79. The SMILES string of the molecule is C[C@@H](NCc1ccc(C(N)=O)cc1)C1CCCCCC1. The Kier molecular flexibility index (Phi) is 5.60. The molecule has 1 aromatic rings. The van der Waals surface area contributed by atoms with Crippen LogP contribution in [-0.2, 0) is 6.54 Å². The average Bonchev–Trinajstić information content (AvgIpc) is 2.74. The van der Waals surface area contributed by atoms with Crippen LogP contribution in [0.1, 0.15) is 61.4 Å². The molecule has 1 atom stereocenters. The first-order chi connectivity index (χ1) is 9.66. The molecule has 1 fully saturated rings. The molecule has 0 radical (unpaired) electrons. The van der Waals surface area contributed by atoms with Crippen molar-refractivity contribution in [2.75, 3.05) is 0 Å². The Morgan fingerprint density at radius 2 is 1.80 bits per heavy atom. The average molecular weight is 274 g/mol. The molecule has 1 aliphatic carbocycles. The molecular weight excluding hydrogens is 248 g/mol. The monoisotopic (exact) mass is 274 g/mol. The molecule has 0 unspecified atom stereocenters. The molecule has 0 aromatic heterocycles. The zero-order valence-electron chi connectivity index (χ0n) is 12.4. The minimum Gasteiger partial charge on any atom is -0.366 e. The maximum atomic E-state index is 11.0. The van der Waals surface area contributed by atoms with Crippen LogP contribution in [0, 0.1) is 5.92 Å². The van der Waals surface area contributed by atoms with Gasteiger partial charge >= 0.3 is 0 Å². The summed E-state index contributed by atoms with van der Waals surface area (Å²) in [7, 11) is 0. The fourth-order valence-electron chi connectivity index (χ4n) is 3.04. The standard InChI is InChI=1S/C17H26N2O/c1-13(15-6-4-2-3-5-7-15)19-12-14-8-10-16(11-9-14)17(18)20/h8-11,13,15,19H,2-7,12H2,1H3,(H2,18,20)/t13-/m1/s1. The van der Waals surface area contributed by atoms with Gasteiger partial charge < -0.3 is 11.1 Å². The molecule has 20 heavy (non-hydrogen) atoms. The predicted molar refractivity (Wildman–Crippen MR) is 82.5 cm³/mol. The third-order valence-electron chi connectivity index (χ3n) is 4.47. The summed E-state index contributed by atoms with van der Waals surface area (Å²) in [6.45, 7) is 3.16. The summed E-state index contributed by atoms with van der Waals surface area (Å²) in [5.41, 5.74) is 7.02. The number of hydrogen-bond acceptors (Lipinski definition) is 2. The van der Waals surface area contributed by atoms with Gasteiger partial charge in [0.1, 0.15) is 0 Å². The van der Waals surface area contributed by atoms with Gasteiger partial charge in [0.05, 0.1) is 0 Å². The van der Waals surface area contributed by atoms with Crippen LogP contribution < -0.4 is 11.1 Å². The lowest BCUT2D eigenvalue weighted by molar-refractivity contribution is 0.100. The Morgan fingerprint density at radius 1 is 1.20 bits per heavy atom. The lowest BCUT2D eigenvalue weighted by Crippen LogP contribution is -2.32. The number of nitrogens with two attached hydrogens (primary N) is 1. The van der Waals surface area contributed by atoms with E-state index in [0.29, 0.717) is 11.6 Å². The Hall–Kier alpha value is -1.35. The van der Waals surface area contributed by atoms with Gasteiger partial charge in [-0.15, -0.1) is 0 Å². The molecular formula is C17H26N2O. The quantitative estimate of drug-likeness (QED) is 0.810. The van der Waals surface area contributed by atoms with Gasteiger partial charge in [0.2, 0.25) is 5.91 Å². The Labute approximate surface area is 121 Å². The van der Waals surface area contributed by atoms with E-state index in [1.54, 1.807) is 12.1 Å². The number of nitrogens with one attached hydrogen (secondary N) is 1. The van der Waals surface area contributed by atoms with Crippen molar-refractivity contribution in [1.29, 1.82) is 0 Å². The lowest BCUT2D eigenvalue weighted by Gasteiger charge is -2.23. The number of benzene rings is 1. The highest BCUT2D eigenvalue weighted by atomic mass is 16.1. The van der Waals surface area contributed by atoms with Gasteiger partial charge in [-0.2, -0.15) is 0 Å². The molecule has 110 valence electrons. The summed E-state index contributed by atoms with van der Waals surface area (Å²) >= 11 is 0. The van der Waals surface area contributed by atoms with E-state index in [2.05, 4.69) is 12.2 Å². The van der Waals surface area contributed by atoms with Crippen molar-refractivity contribution in [2.45, 2.75) is 58.0 Å². The maximum absolute atomic E-state index is 11.0.